The van der Waals surface area contributed by atoms with E-state index in [0.717, 1.165) is 38.5 Å². The number of hydrogen-bond acceptors (Lipinski definition) is 3. The lowest BCUT2D eigenvalue weighted by Gasteiger charge is -2.38. The second-order valence-corrected chi connectivity index (χ2v) is 9.47. The van der Waals surface area contributed by atoms with Crippen molar-refractivity contribution in [3.63, 3.8) is 0 Å². The molecular weight excluding hydrogens is 328 g/mol. The van der Waals surface area contributed by atoms with Crippen molar-refractivity contribution in [1.82, 2.24) is 0 Å². The van der Waals surface area contributed by atoms with Crippen LogP contribution in [0.3, 0.4) is 0 Å². The van der Waals surface area contributed by atoms with Crippen LogP contribution in [0.5, 0.6) is 0 Å². The first-order valence-electron chi connectivity index (χ1n) is 10.7. The van der Waals surface area contributed by atoms with Gasteiger partial charge in [0.1, 0.15) is 6.10 Å². The molecule has 4 heteroatoms. The summed E-state index contributed by atoms with van der Waals surface area (Å²) in [6, 6.07) is 0. The average molecular weight is 367 g/mol. The molecule has 2 aliphatic rings. The summed E-state index contributed by atoms with van der Waals surface area (Å²) in [5, 5.41) is 9.63. The summed E-state index contributed by atoms with van der Waals surface area (Å²) in [7, 11) is 0. The van der Waals surface area contributed by atoms with Crippen molar-refractivity contribution < 1.29 is 19.4 Å². The van der Waals surface area contributed by atoms with Crippen LogP contribution in [0.25, 0.3) is 0 Å². The molecular formula is C22H38O4. The van der Waals surface area contributed by atoms with E-state index in [1.807, 2.05) is 6.92 Å². The molecule has 0 radical (unpaired) electrons. The van der Waals surface area contributed by atoms with E-state index in [-0.39, 0.29) is 23.4 Å². The van der Waals surface area contributed by atoms with Gasteiger partial charge in [-0.25, -0.2) is 0 Å². The lowest BCUT2D eigenvalue weighted by atomic mass is 9.72. The molecule has 0 spiro atoms. The summed E-state index contributed by atoms with van der Waals surface area (Å²) in [4.78, 5) is 24.7. The second kappa shape index (κ2) is 9.23. The molecule has 0 aliphatic heterocycles. The Balaban J connectivity index is 2.12. The largest absolute Gasteiger partial charge is 0.481 e. The normalized spacial score (nSPS) is 29.2. The van der Waals surface area contributed by atoms with Gasteiger partial charge in [0.15, 0.2) is 0 Å². The predicted octanol–water partition coefficient (Wildman–Crippen LogP) is 5.44. The molecule has 2 saturated carbocycles. The highest BCUT2D eigenvalue weighted by atomic mass is 16.5. The van der Waals surface area contributed by atoms with Crippen molar-refractivity contribution in [1.29, 1.82) is 0 Å². The molecule has 4 atom stereocenters. The van der Waals surface area contributed by atoms with Crippen LogP contribution in [0.15, 0.2) is 0 Å². The number of carbonyl (C=O) groups is 2. The maximum absolute atomic E-state index is 13.0. The fraction of sp³-hybridized carbons (Fsp3) is 0.909. The van der Waals surface area contributed by atoms with E-state index in [1.54, 1.807) is 0 Å². The summed E-state index contributed by atoms with van der Waals surface area (Å²) in [5.74, 6) is -1.70. The molecule has 4 unspecified atom stereocenters. The van der Waals surface area contributed by atoms with Crippen molar-refractivity contribution >= 4 is 11.9 Å². The van der Waals surface area contributed by atoms with Gasteiger partial charge in [-0.05, 0) is 49.4 Å². The molecule has 2 aliphatic carbocycles. The minimum Gasteiger partial charge on any atom is -0.481 e. The number of aliphatic carboxylic acids is 1. The summed E-state index contributed by atoms with van der Waals surface area (Å²) in [6.45, 7) is 8.61. The van der Waals surface area contributed by atoms with Gasteiger partial charge >= 0.3 is 11.9 Å². The second-order valence-electron chi connectivity index (χ2n) is 9.47. The van der Waals surface area contributed by atoms with Crippen LogP contribution < -0.4 is 0 Å². The van der Waals surface area contributed by atoms with Crippen LogP contribution in [0.1, 0.15) is 91.9 Å². The zero-order valence-corrected chi connectivity index (χ0v) is 17.1. The summed E-state index contributed by atoms with van der Waals surface area (Å²) in [6.07, 6.45) is 10.3. The Morgan fingerprint density at radius 2 is 1.73 bits per heavy atom. The van der Waals surface area contributed by atoms with Crippen LogP contribution in [0.2, 0.25) is 0 Å². The zero-order valence-electron chi connectivity index (χ0n) is 17.1. The lowest BCUT2D eigenvalue weighted by Crippen LogP contribution is -2.41. The molecule has 150 valence electrons. The molecule has 1 N–H and O–H groups in total. The average Bonchev–Trinajstić information content (AvgIpc) is 2.61. The molecule has 0 amide bonds. The SMILES string of the molecule is CCC(C)(C)CC(OC(=O)C1CCCC(C)C1C(=O)O)C1CCCCC1. The van der Waals surface area contributed by atoms with Crippen molar-refractivity contribution in [3.05, 3.63) is 0 Å². The van der Waals surface area contributed by atoms with Gasteiger partial charge in [0, 0.05) is 0 Å². The number of rotatable bonds is 7. The molecule has 0 aromatic rings. The van der Waals surface area contributed by atoms with Crippen LogP contribution in [0, 0.1) is 29.1 Å². The summed E-state index contributed by atoms with van der Waals surface area (Å²) < 4.78 is 6.09. The van der Waals surface area contributed by atoms with Gasteiger partial charge in [-0.2, -0.15) is 0 Å². The number of hydrogen-bond donors (Lipinski definition) is 1. The number of carboxylic acid groups (broad SMARTS) is 1. The van der Waals surface area contributed by atoms with Crippen molar-refractivity contribution in [2.24, 2.45) is 29.1 Å². The molecule has 0 bridgehead atoms. The van der Waals surface area contributed by atoms with E-state index in [1.165, 1.54) is 19.3 Å². The molecule has 4 nitrogen and oxygen atoms in total. The van der Waals surface area contributed by atoms with Gasteiger partial charge < -0.3 is 9.84 Å². The van der Waals surface area contributed by atoms with Crippen molar-refractivity contribution in [3.8, 4) is 0 Å². The molecule has 2 rings (SSSR count). The molecule has 0 aromatic heterocycles. The quantitative estimate of drug-likeness (QED) is 0.609. The Bertz CT molecular complexity index is 479. The van der Waals surface area contributed by atoms with E-state index in [4.69, 9.17) is 4.74 Å². The predicted molar refractivity (Wildman–Crippen MR) is 103 cm³/mol. The van der Waals surface area contributed by atoms with Gasteiger partial charge in [-0.1, -0.05) is 59.8 Å². The Morgan fingerprint density at radius 1 is 1.08 bits per heavy atom. The molecule has 2 fully saturated rings. The van der Waals surface area contributed by atoms with Gasteiger partial charge in [0.2, 0.25) is 0 Å². The Labute approximate surface area is 159 Å². The molecule has 26 heavy (non-hydrogen) atoms. The monoisotopic (exact) mass is 366 g/mol. The molecule has 0 heterocycles. The zero-order chi connectivity index (χ0) is 19.3. The van der Waals surface area contributed by atoms with Gasteiger partial charge in [0.05, 0.1) is 11.8 Å². The maximum atomic E-state index is 13.0. The highest BCUT2D eigenvalue weighted by molar-refractivity contribution is 5.81. The van der Waals surface area contributed by atoms with Crippen LogP contribution in [0.4, 0.5) is 0 Å². The fourth-order valence-electron chi connectivity index (χ4n) is 4.83. The molecule has 0 aromatic carbocycles. The standard InChI is InChI=1S/C22H38O4/c1-5-22(3,4)14-18(16-11-7-6-8-12-16)26-21(25)17-13-9-10-15(2)19(17)20(23)24/h15-19H,5-14H2,1-4H3,(H,23,24). The van der Waals surface area contributed by atoms with E-state index in [9.17, 15) is 14.7 Å². The summed E-state index contributed by atoms with van der Waals surface area (Å²) in [5.41, 5.74) is 0.133. The minimum absolute atomic E-state index is 0.0408. The third-order valence-corrected chi connectivity index (χ3v) is 6.96. The maximum Gasteiger partial charge on any atom is 0.310 e. The number of carbonyl (C=O) groups excluding carboxylic acids is 1. The smallest absolute Gasteiger partial charge is 0.310 e. The van der Waals surface area contributed by atoms with Crippen molar-refractivity contribution in [2.45, 2.75) is 98.0 Å². The van der Waals surface area contributed by atoms with E-state index < -0.39 is 17.8 Å². The fourth-order valence-corrected chi connectivity index (χ4v) is 4.83. The minimum atomic E-state index is -0.845. The van der Waals surface area contributed by atoms with Crippen LogP contribution >= 0.6 is 0 Å². The lowest BCUT2D eigenvalue weighted by molar-refractivity contribution is -0.169. The first-order valence-corrected chi connectivity index (χ1v) is 10.7. The topological polar surface area (TPSA) is 63.6 Å². The third-order valence-electron chi connectivity index (χ3n) is 6.96. The first kappa shape index (κ1) is 21.2. The van der Waals surface area contributed by atoms with E-state index >= 15 is 0 Å². The van der Waals surface area contributed by atoms with Gasteiger partial charge in [-0.15, -0.1) is 0 Å². The van der Waals surface area contributed by atoms with Gasteiger partial charge in [0.25, 0.3) is 0 Å². The number of esters is 1. The van der Waals surface area contributed by atoms with E-state index in [0.29, 0.717) is 12.3 Å². The third kappa shape index (κ3) is 5.47. The van der Waals surface area contributed by atoms with E-state index in [2.05, 4.69) is 20.8 Å². The van der Waals surface area contributed by atoms with Crippen molar-refractivity contribution in [2.75, 3.05) is 0 Å². The highest BCUT2D eigenvalue weighted by Crippen LogP contribution is 2.39. The van der Waals surface area contributed by atoms with Gasteiger partial charge in [-0.3, -0.25) is 9.59 Å². The van der Waals surface area contributed by atoms with Crippen LogP contribution in [-0.4, -0.2) is 23.1 Å². The summed E-state index contributed by atoms with van der Waals surface area (Å²) >= 11 is 0. The highest BCUT2D eigenvalue weighted by Gasteiger charge is 2.42. The number of ether oxygens (including phenoxy) is 1. The first-order chi connectivity index (χ1) is 12.2. The Kier molecular flexibility index (Phi) is 7.54. The Morgan fingerprint density at radius 3 is 2.31 bits per heavy atom. The number of carboxylic acids is 1. The van der Waals surface area contributed by atoms with Crippen LogP contribution in [-0.2, 0) is 14.3 Å². The molecule has 0 saturated heterocycles. The Hall–Kier alpha value is -1.06.